The summed E-state index contributed by atoms with van der Waals surface area (Å²) in [5, 5.41) is 20.5. The van der Waals surface area contributed by atoms with E-state index in [4.69, 9.17) is 11.1 Å². The molecule has 1 unspecified atom stereocenters. The average Bonchev–Trinajstić information content (AvgIpc) is 3.27. The molecule has 4 rings (SSSR count). The molecule has 9 heteroatoms. The van der Waals surface area contributed by atoms with Crippen molar-refractivity contribution in [3.05, 3.63) is 71.4 Å². The van der Waals surface area contributed by atoms with E-state index in [1.807, 2.05) is 18.2 Å². The summed E-state index contributed by atoms with van der Waals surface area (Å²) in [7, 11) is 0. The van der Waals surface area contributed by atoms with Gasteiger partial charge in [-0.05, 0) is 42.7 Å². The van der Waals surface area contributed by atoms with E-state index < -0.39 is 12.0 Å². The van der Waals surface area contributed by atoms with Crippen LogP contribution < -0.4 is 11.1 Å². The number of carbonyl (C=O) groups excluding carboxylic acids is 2. The van der Waals surface area contributed by atoms with Crippen LogP contribution in [0.3, 0.4) is 0 Å². The molecule has 0 spiro atoms. The summed E-state index contributed by atoms with van der Waals surface area (Å²) >= 11 is 0. The van der Waals surface area contributed by atoms with Crippen molar-refractivity contribution in [2.24, 2.45) is 11.7 Å². The van der Waals surface area contributed by atoms with Crippen LogP contribution in [0.25, 0.3) is 10.9 Å². The summed E-state index contributed by atoms with van der Waals surface area (Å²) in [5.74, 6) is -1.64. The highest BCUT2D eigenvalue weighted by Gasteiger charge is 2.30. The predicted molar refractivity (Wildman–Crippen MR) is 128 cm³/mol. The predicted octanol–water partition coefficient (Wildman–Crippen LogP) is 2.64. The van der Waals surface area contributed by atoms with Crippen molar-refractivity contribution in [2.45, 2.75) is 25.3 Å². The Hall–Kier alpha value is -4.14. The van der Waals surface area contributed by atoms with Gasteiger partial charge in [0.25, 0.3) is 5.91 Å². The Morgan fingerprint density at radius 1 is 1.12 bits per heavy atom. The summed E-state index contributed by atoms with van der Waals surface area (Å²) in [6.45, 7) is 0.861. The third kappa shape index (κ3) is 5.09. The zero-order valence-corrected chi connectivity index (χ0v) is 18.6. The van der Waals surface area contributed by atoms with Crippen molar-refractivity contribution in [3.8, 4) is 0 Å². The number of aromatic nitrogens is 1. The van der Waals surface area contributed by atoms with Gasteiger partial charge >= 0.3 is 5.97 Å². The minimum atomic E-state index is -0.983. The van der Waals surface area contributed by atoms with Crippen LogP contribution in [0, 0.1) is 11.3 Å². The molecule has 2 aromatic carbocycles. The van der Waals surface area contributed by atoms with Crippen molar-refractivity contribution < 1.29 is 19.5 Å². The number of amides is 2. The van der Waals surface area contributed by atoms with Crippen molar-refractivity contribution in [3.63, 3.8) is 0 Å². The van der Waals surface area contributed by atoms with E-state index in [2.05, 4.69) is 10.3 Å². The number of rotatable bonds is 7. The molecule has 0 aliphatic carbocycles. The number of aliphatic carboxylic acids is 1. The smallest absolute Gasteiger partial charge is 0.305 e. The normalized spacial score (nSPS) is 15.1. The lowest BCUT2D eigenvalue weighted by atomic mass is 9.94. The lowest BCUT2D eigenvalue weighted by Gasteiger charge is -2.32. The monoisotopic (exact) mass is 461 g/mol. The Morgan fingerprint density at radius 3 is 2.47 bits per heavy atom. The first-order valence-electron chi connectivity index (χ1n) is 11.2. The van der Waals surface area contributed by atoms with Gasteiger partial charge in [-0.15, -0.1) is 0 Å². The minimum Gasteiger partial charge on any atom is -0.481 e. The molecule has 2 amide bonds. The molecule has 1 aliphatic rings. The average molecular weight is 462 g/mol. The molecule has 0 saturated carbocycles. The third-order valence-electron chi connectivity index (χ3n) is 6.21. The summed E-state index contributed by atoms with van der Waals surface area (Å²) in [5.41, 5.74) is 8.12. The van der Waals surface area contributed by atoms with E-state index in [1.165, 1.54) is 0 Å². The first-order valence-corrected chi connectivity index (χ1v) is 11.2. The maximum Gasteiger partial charge on any atom is 0.305 e. The van der Waals surface area contributed by atoms with Gasteiger partial charge in [-0.3, -0.25) is 19.8 Å². The number of nitrogens with two attached hydrogens (primary N) is 1. The molecular weight excluding hydrogens is 434 g/mol. The van der Waals surface area contributed by atoms with Crippen LogP contribution in [-0.4, -0.2) is 51.7 Å². The number of carboxylic acid groups (broad SMARTS) is 1. The maximum absolute atomic E-state index is 13.0. The second-order valence-corrected chi connectivity index (χ2v) is 8.53. The number of nitrogen functional groups attached to an aromatic ring is 1. The molecule has 0 bridgehead atoms. The van der Waals surface area contributed by atoms with Gasteiger partial charge in [-0.2, -0.15) is 0 Å². The molecule has 1 aliphatic heterocycles. The Morgan fingerprint density at radius 2 is 1.82 bits per heavy atom. The number of likely N-dealkylation sites (tertiary alicyclic amines) is 1. The van der Waals surface area contributed by atoms with Gasteiger partial charge in [0.1, 0.15) is 11.5 Å². The molecule has 1 aromatic heterocycles. The van der Waals surface area contributed by atoms with Crippen LogP contribution in [0.5, 0.6) is 0 Å². The van der Waals surface area contributed by atoms with Crippen LogP contribution >= 0.6 is 0 Å². The molecule has 0 radical (unpaired) electrons. The number of carbonyl (C=O) groups is 3. The summed E-state index contributed by atoms with van der Waals surface area (Å²) in [4.78, 5) is 42.0. The molecular formula is C25H27N5O4. The lowest BCUT2D eigenvalue weighted by molar-refractivity contribution is -0.138. The van der Waals surface area contributed by atoms with E-state index in [0.29, 0.717) is 37.2 Å². The third-order valence-corrected chi connectivity index (χ3v) is 6.21. The van der Waals surface area contributed by atoms with Gasteiger partial charge < -0.3 is 26.0 Å². The molecule has 2 heterocycles. The number of amidine groups is 1. The van der Waals surface area contributed by atoms with Crippen molar-refractivity contribution in [2.75, 3.05) is 13.1 Å². The van der Waals surface area contributed by atoms with Gasteiger partial charge in [0, 0.05) is 35.5 Å². The van der Waals surface area contributed by atoms with E-state index in [-0.39, 0.29) is 30.0 Å². The lowest BCUT2D eigenvalue weighted by Crippen LogP contribution is -2.44. The molecule has 176 valence electrons. The molecule has 9 nitrogen and oxygen atoms in total. The molecule has 34 heavy (non-hydrogen) atoms. The second kappa shape index (κ2) is 9.78. The minimum absolute atomic E-state index is 0.0332. The Bertz CT molecular complexity index is 1230. The van der Waals surface area contributed by atoms with Gasteiger partial charge in [-0.25, -0.2) is 0 Å². The standard InChI is InChI=1S/C25H27N5O4/c26-23(27)17-6-7-19-18(12-17)13-21(28-19)25(34)30-10-8-16(9-11-30)24(33)29-20(14-22(31)32)15-4-2-1-3-5-15/h1-7,12-13,16,20,28H,8-11,14H2,(H3,26,27)(H,29,33)(H,31,32). The Kier molecular flexibility index (Phi) is 6.62. The Balaban J connectivity index is 1.38. The summed E-state index contributed by atoms with van der Waals surface area (Å²) in [6, 6.07) is 15.5. The quantitative estimate of drug-likeness (QED) is 0.270. The number of nitrogens with one attached hydrogen (secondary N) is 3. The first-order chi connectivity index (χ1) is 16.3. The zero-order chi connectivity index (χ0) is 24.2. The number of hydrogen-bond donors (Lipinski definition) is 5. The fourth-order valence-electron chi connectivity index (χ4n) is 4.33. The van der Waals surface area contributed by atoms with Crippen molar-refractivity contribution in [1.82, 2.24) is 15.2 Å². The number of benzene rings is 2. The number of hydrogen-bond acceptors (Lipinski definition) is 4. The Labute approximate surface area is 196 Å². The number of H-pyrrole nitrogens is 1. The van der Waals surface area contributed by atoms with Crippen molar-refractivity contribution >= 4 is 34.5 Å². The highest BCUT2D eigenvalue weighted by molar-refractivity contribution is 6.02. The summed E-state index contributed by atoms with van der Waals surface area (Å²) < 4.78 is 0. The van der Waals surface area contributed by atoms with E-state index in [9.17, 15) is 19.5 Å². The number of fused-ring (bicyclic) bond motifs is 1. The fourth-order valence-corrected chi connectivity index (χ4v) is 4.33. The van der Waals surface area contributed by atoms with E-state index >= 15 is 0 Å². The van der Waals surface area contributed by atoms with E-state index in [1.54, 1.807) is 41.3 Å². The largest absolute Gasteiger partial charge is 0.481 e. The van der Waals surface area contributed by atoms with Crippen LogP contribution in [0.1, 0.15) is 46.9 Å². The maximum atomic E-state index is 13.0. The van der Waals surface area contributed by atoms with Crippen LogP contribution in [0.2, 0.25) is 0 Å². The van der Waals surface area contributed by atoms with Crippen LogP contribution in [-0.2, 0) is 9.59 Å². The van der Waals surface area contributed by atoms with Crippen LogP contribution in [0.15, 0.2) is 54.6 Å². The molecule has 6 N–H and O–H groups in total. The highest BCUT2D eigenvalue weighted by atomic mass is 16.4. The van der Waals surface area contributed by atoms with E-state index in [0.717, 1.165) is 16.5 Å². The highest BCUT2D eigenvalue weighted by Crippen LogP contribution is 2.24. The number of aromatic amines is 1. The van der Waals surface area contributed by atoms with Crippen LogP contribution in [0.4, 0.5) is 0 Å². The topological polar surface area (TPSA) is 152 Å². The fraction of sp³-hybridized carbons (Fsp3) is 0.280. The molecule has 3 aromatic rings. The SMILES string of the molecule is N=C(N)c1ccc2[nH]c(C(=O)N3CCC(C(=O)NC(CC(=O)O)c4ccccc4)CC3)cc2c1. The van der Waals surface area contributed by atoms with Crippen molar-refractivity contribution in [1.29, 1.82) is 5.41 Å². The number of carboxylic acids is 1. The molecule has 1 atom stereocenters. The summed E-state index contributed by atoms with van der Waals surface area (Å²) in [6.07, 6.45) is 0.806. The van der Waals surface area contributed by atoms with Gasteiger partial charge in [0.05, 0.1) is 12.5 Å². The van der Waals surface area contributed by atoms with Gasteiger partial charge in [-0.1, -0.05) is 30.3 Å². The van der Waals surface area contributed by atoms with Gasteiger partial charge in [0.2, 0.25) is 5.91 Å². The number of nitrogens with zero attached hydrogens (tertiary/aromatic N) is 1. The zero-order valence-electron chi connectivity index (χ0n) is 18.6. The molecule has 1 saturated heterocycles. The van der Waals surface area contributed by atoms with Gasteiger partial charge in [0.15, 0.2) is 0 Å². The first kappa shape index (κ1) is 23.0. The number of piperidine rings is 1. The molecule has 1 fully saturated rings. The second-order valence-electron chi connectivity index (χ2n) is 8.53.